The van der Waals surface area contributed by atoms with Gasteiger partial charge < -0.3 is 40.7 Å². The third-order valence-corrected chi connectivity index (χ3v) is 9.98. The normalized spacial score (nSPS) is 23.9. The topological polar surface area (TPSA) is 174 Å². The maximum Gasteiger partial charge on any atom is 0.200 e. The standard InChI is InChI=1S/C27H37N3O7S2/c1-27(2,34)19-10-16-22(36-19)17-12-39-38-11-13(30-26(28)29)9-18(32)23-15(7-8-31)21(33)20(25(17)37-23)24(16)35-14-5-3-4-6-14/h13-14,18-19,31-32,34H,3-12H2,1-2H3,(H4,28,29,30). The van der Waals surface area contributed by atoms with Crippen LogP contribution in [-0.2, 0) is 18.6 Å². The molecule has 7 N–H and O–H groups in total. The van der Waals surface area contributed by atoms with Gasteiger partial charge in [0.1, 0.15) is 40.4 Å². The number of nitrogens with zero attached hydrogens (tertiary/aromatic N) is 1. The Morgan fingerprint density at radius 2 is 1.95 bits per heavy atom. The van der Waals surface area contributed by atoms with E-state index in [0.29, 0.717) is 46.0 Å². The lowest BCUT2D eigenvalue weighted by Gasteiger charge is -2.25. The number of aliphatic imine (C=N–C) groups is 1. The Labute approximate surface area is 234 Å². The summed E-state index contributed by atoms with van der Waals surface area (Å²) >= 11 is 0. The van der Waals surface area contributed by atoms with Crippen LogP contribution in [0, 0.1) is 0 Å². The van der Waals surface area contributed by atoms with Crippen molar-refractivity contribution < 1.29 is 29.2 Å². The molecule has 39 heavy (non-hydrogen) atoms. The van der Waals surface area contributed by atoms with Gasteiger partial charge >= 0.3 is 0 Å². The molecule has 3 atom stereocenters. The number of aliphatic hydroxyl groups is 3. The van der Waals surface area contributed by atoms with Crippen molar-refractivity contribution >= 4 is 38.5 Å². The maximum atomic E-state index is 14.2. The minimum Gasteiger partial charge on any atom is -0.489 e. The summed E-state index contributed by atoms with van der Waals surface area (Å²) in [7, 11) is 3.10. The van der Waals surface area contributed by atoms with E-state index in [0.717, 1.165) is 31.2 Å². The van der Waals surface area contributed by atoms with Gasteiger partial charge in [0, 0.05) is 54.1 Å². The molecule has 0 saturated heterocycles. The molecule has 1 fully saturated rings. The monoisotopic (exact) mass is 579 g/mol. The van der Waals surface area contributed by atoms with E-state index in [2.05, 4.69) is 4.99 Å². The second-order valence-electron chi connectivity index (χ2n) is 11.1. The van der Waals surface area contributed by atoms with Crippen LogP contribution in [0.5, 0.6) is 11.5 Å². The van der Waals surface area contributed by atoms with Crippen molar-refractivity contribution in [1.29, 1.82) is 0 Å². The lowest BCUT2D eigenvalue weighted by atomic mass is 9.93. The zero-order chi connectivity index (χ0) is 27.9. The first kappa shape index (κ1) is 28.4. The molecule has 2 aliphatic heterocycles. The van der Waals surface area contributed by atoms with Gasteiger partial charge in [0.2, 0.25) is 0 Å². The van der Waals surface area contributed by atoms with Crippen LogP contribution in [0.3, 0.4) is 0 Å². The predicted octanol–water partition coefficient (Wildman–Crippen LogP) is 2.68. The number of aliphatic hydroxyl groups excluding tert-OH is 2. The fourth-order valence-corrected chi connectivity index (χ4v) is 7.94. The van der Waals surface area contributed by atoms with Crippen LogP contribution in [0.25, 0.3) is 11.0 Å². The summed E-state index contributed by atoms with van der Waals surface area (Å²) < 4.78 is 19.4. The first-order valence-corrected chi connectivity index (χ1v) is 15.9. The highest BCUT2D eigenvalue weighted by atomic mass is 33.1. The zero-order valence-corrected chi connectivity index (χ0v) is 23.9. The number of hydrogen-bond donors (Lipinski definition) is 5. The van der Waals surface area contributed by atoms with Crippen molar-refractivity contribution in [3.8, 4) is 11.5 Å². The molecule has 1 aromatic heterocycles. The number of hydrogen-bond acceptors (Lipinski definition) is 10. The lowest BCUT2D eigenvalue weighted by Crippen LogP contribution is -2.39. The summed E-state index contributed by atoms with van der Waals surface area (Å²) in [5, 5.41) is 32.3. The van der Waals surface area contributed by atoms with Crippen LogP contribution in [0.1, 0.15) is 74.5 Å². The quantitative estimate of drug-likeness (QED) is 0.193. The molecule has 2 aromatic rings. The van der Waals surface area contributed by atoms with E-state index >= 15 is 0 Å². The highest BCUT2D eigenvalue weighted by Gasteiger charge is 2.41. The lowest BCUT2D eigenvalue weighted by molar-refractivity contribution is -0.0231. The second-order valence-corrected chi connectivity index (χ2v) is 13.6. The Morgan fingerprint density at radius 1 is 1.21 bits per heavy atom. The first-order valence-electron chi connectivity index (χ1n) is 13.4. The molecule has 3 unspecified atom stereocenters. The fourth-order valence-electron chi connectivity index (χ4n) is 5.65. The number of ether oxygens (including phenoxy) is 2. The van der Waals surface area contributed by atoms with Crippen LogP contribution in [-0.4, -0.2) is 57.5 Å². The Morgan fingerprint density at radius 3 is 2.62 bits per heavy atom. The van der Waals surface area contributed by atoms with Crippen molar-refractivity contribution in [1.82, 2.24) is 0 Å². The molecule has 0 radical (unpaired) electrons. The molecule has 5 rings (SSSR count). The minimum atomic E-state index is -1.18. The smallest absolute Gasteiger partial charge is 0.200 e. The Kier molecular flexibility index (Phi) is 8.30. The number of fused-ring (bicyclic) bond motifs is 3. The van der Waals surface area contributed by atoms with Crippen LogP contribution in [0.4, 0.5) is 0 Å². The van der Waals surface area contributed by atoms with E-state index in [-0.39, 0.29) is 48.3 Å². The summed E-state index contributed by atoms with van der Waals surface area (Å²) in [6, 6.07) is -0.408. The van der Waals surface area contributed by atoms with Crippen molar-refractivity contribution in [2.24, 2.45) is 16.5 Å². The van der Waals surface area contributed by atoms with Crippen molar-refractivity contribution in [2.75, 3.05) is 12.4 Å². The van der Waals surface area contributed by atoms with Gasteiger partial charge in [0.05, 0.1) is 17.7 Å². The molecule has 12 heteroatoms. The molecule has 3 aliphatic rings. The molecule has 1 aliphatic carbocycles. The first-order chi connectivity index (χ1) is 18.6. The molecule has 2 bridgehead atoms. The van der Waals surface area contributed by atoms with Gasteiger partial charge in [0.15, 0.2) is 11.4 Å². The van der Waals surface area contributed by atoms with E-state index in [1.165, 1.54) is 0 Å². The number of rotatable bonds is 6. The van der Waals surface area contributed by atoms with Gasteiger partial charge in [0.25, 0.3) is 0 Å². The third-order valence-electron chi connectivity index (χ3n) is 7.62. The largest absolute Gasteiger partial charge is 0.489 e. The van der Waals surface area contributed by atoms with Crippen LogP contribution in [0.15, 0.2) is 14.2 Å². The van der Waals surface area contributed by atoms with Gasteiger partial charge in [-0.15, -0.1) is 0 Å². The van der Waals surface area contributed by atoms with Crippen LogP contribution < -0.4 is 26.4 Å². The van der Waals surface area contributed by atoms with Crippen LogP contribution in [0.2, 0.25) is 0 Å². The molecule has 0 amide bonds. The summed E-state index contributed by atoms with van der Waals surface area (Å²) in [6.07, 6.45) is 2.66. The summed E-state index contributed by atoms with van der Waals surface area (Å²) in [6.45, 7) is 3.11. The van der Waals surface area contributed by atoms with E-state index in [1.54, 1.807) is 35.4 Å². The molecule has 1 aromatic carbocycles. The number of benzene rings is 1. The summed E-state index contributed by atoms with van der Waals surface area (Å²) in [5.41, 5.74) is 11.8. The van der Waals surface area contributed by atoms with Gasteiger partial charge in [-0.2, -0.15) is 0 Å². The minimum absolute atomic E-state index is 0.0131. The van der Waals surface area contributed by atoms with Gasteiger partial charge in [-0.05, 0) is 39.5 Å². The SMILES string of the molecule is CC(C)(O)C1Cc2c(c3c4oc(c(CCO)c(=O)c4c2OC2CCCC2)C(O)CC(N=C(N)N)CSSC3)O1. The summed E-state index contributed by atoms with van der Waals surface area (Å²) in [5.74, 6) is 1.98. The van der Waals surface area contributed by atoms with Crippen molar-refractivity contribution in [2.45, 2.75) is 94.5 Å². The van der Waals surface area contributed by atoms with E-state index in [4.69, 9.17) is 25.4 Å². The summed E-state index contributed by atoms with van der Waals surface area (Å²) in [4.78, 5) is 18.5. The average molecular weight is 580 g/mol. The third kappa shape index (κ3) is 5.72. The fraction of sp³-hybridized carbons (Fsp3) is 0.630. The van der Waals surface area contributed by atoms with E-state index in [1.807, 2.05) is 0 Å². The highest BCUT2D eigenvalue weighted by molar-refractivity contribution is 8.76. The van der Waals surface area contributed by atoms with E-state index < -0.39 is 23.9 Å². The van der Waals surface area contributed by atoms with Gasteiger partial charge in [-0.1, -0.05) is 21.6 Å². The van der Waals surface area contributed by atoms with Crippen molar-refractivity contribution in [3.63, 3.8) is 0 Å². The Hall–Kier alpha value is -2.12. The van der Waals surface area contributed by atoms with Gasteiger partial charge in [-0.3, -0.25) is 4.79 Å². The molecular formula is C27H37N3O7S2. The number of guanidine groups is 1. The molecule has 10 nitrogen and oxygen atoms in total. The van der Waals surface area contributed by atoms with Gasteiger partial charge in [-0.25, -0.2) is 4.99 Å². The van der Waals surface area contributed by atoms with Crippen molar-refractivity contribution in [3.05, 3.63) is 32.7 Å². The highest BCUT2D eigenvalue weighted by Crippen LogP contribution is 2.50. The molecule has 0 spiro atoms. The predicted molar refractivity (Wildman–Crippen MR) is 154 cm³/mol. The molecule has 3 heterocycles. The van der Waals surface area contributed by atoms with E-state index in [9.17, 15) is 20.1 Å². The molecule has 1 saturated carbocycles. The molecule has 214 valence electrons. The average Bonchev–Trinajstić information content (AvgIpc) is 3.53. The molecular weight excluding hydrogens is 542 g/mol. The Bertz CT molecular complexity index is 1310. The Balaban J connectivity index is 1.77. The maximum absolute atomic E-state index is 14.2. The number of nitrogens with two attached hydrogens (primary N) is 2. The zero-order valence-electron chi connectivity index (χ0n) is 22.3. The second kappa shape index (κ2) is 11.4. The van der Waals surface area contributed by atoms with Crippen LogP contribution >= 0.6 is 21.6 Å².